The third-order valence-corrected chi connectivity index (χ3v) is 4.73. The van der Waals surface area contributed by atoms with Gasteiger partial charge in [-0.1, -0.05) is 24.3 Å². The van der Waals surface area contributed by atoms with E-state index in [9.17, 15) is 10.1 Å². The van der Waals surface area contributed by atoms with Crippen LogP contribution in [0.1, 0.15) is 46.8 Å². The number of nitriles is 1. The molecule has 2 aromatic rings. The lowest BCUT2D eigenvalue weighted by molar-refractivity contribution is 0.101. The minimum absolute atomic E-state index is 0.0116. The average Bonchev–Trinajstić information content (AvgIpc) is 3.34. The van der Waals surface area contributed by atoms with Crippen molar-refractivity contribution in [1.29, 1.82) is 5.26 Å². The summed E-state index contributed by atoms with van der Waals surface area (Å²) >= 11 is 0. The summed E-state index contributed by atoms with van der Waals surface area (Å²) in [6.45, 7) is 4.47. The van der Waals surface area contributed by atoms with Crippen LogP contribution >= 0.6 is 0 Å². The summed E-state index contributed by atoms with van der Waals surface area (Å²) in [5.74, 6) is 0.0116. The van der Waals surface area contributed by atoms with E-state index in [0.717, 1.165) is 25.1 Å². The normalized spacial score (nSPS) is 14.8. The Bertz CT molecular complexity index is 798. The van der Waals surface area contributed by atoms with Crippen molar-refractivity contribution in [2.24, 2.45) is 0 Å². The Morgan fingerprint density at radius 3 is 2.61 bits per heavy atom. The van der Waals surface area contributed by atoms with E-state index in [1.54, 1.807) is 25.1 Å². The van der Waals surface area contributed by atoms with E-state index in [-0.39, 0.29) is 11.2 Å². The van der Waals surface area contributed by atoms with Crippen LogP contribution in [0.15, 0.2) is 42.5 Å². The Morgan fingerprint density at radius 1 is 1.26 bits per heavy atom. The summed E-state index contributed by atoms with van der Waals surface area (Å²) in [5.41, 5.74) is 4.81. The molecule has 0 heterocycles. The highest BCUT2D eigenvalue weighted by Crippen LogP contribution is 2.49. The molecule has 1 aliphatic carbocycles. The molecule has 0 bridgehead atoms. The van der Waals surface area contributed by atoms with Crippen molar-refractivity contribution in [1.82, 2.24) is 0 Å². The number of hydrogen-bond acceptors (Lipinski definition) is 3. The molecule has 1 saturated carbocycles. The zero-order chi connectivity index (χ0) is 16.4. The molecular formula is C20H20N2O. The van der Waals surface area contributed by atoms with Crippen molar-refractivity contribution in [2.75, 3.05) is 11.9 Å². The van der Waals surface area contributed by atoms with Gasteiger partial charge in [-0.15, -0.1) is 0 Å². The number of hydrogen-bond donors (Lipinski definition) is 1. The maximum atomic E-state index is 11.6. The van der Waals surface area contributed by atoms with Gasteiger partial charge in [0.1, 0.15) is 6.07 Å². The van der Waals surface area contributed by atoms with E-state index in [1.165, 1.54) is 11.1 Å². The van der Waals surface area contributed by atoms with Gasteiger partial charge in [-0.25, -0.2) is 0 Å². The van der Waals surface area contributed by atoms with Crippen LogP contribution in [0.25, 0.3) is 0 Å². The minimum atomic E-state index is 0.0116. The lowest BCUT2D eigenvalue weighted by Crippen LogP contribution is -2.21. The van der Waals surface area contributed by atoms with Gasteiger partial charge in [-0.2, -0.15) is 5.26 Å². The van der Waals surface area contributed by atoms with Crippen LogP contribution in [0.4, 0.5) is 5.69 Å². The van der Waals surface area contributed by atoms with Gasteiger partial charge in [0, 0.05) is 17.5 Å². The van der Waals surface area contributed by atoms with Crippen LogP contribution in [0.2, 0.25) is 0 Å². The Morgan fingerprint density at radius 2 is 2.00 bits per heavy atom. The minimum Gasteiger partial charge on any atom is -0.383 e. The lowest BCUT2D eigenvalue weighted by Gasteiger charge is -2.20. The fourth-order valence-corrected chi connectivity index (χ4v) is 3.13. The van der Waals surface area contributed by atoms with Gasteiger partial charge in [-0.05, 0) is 56.0 Å². The van der Waals surface area contributed by atoms with E-state index in [1.807, 2.05) is 0 Å². The number of nitrogens with zero attached hydrogens (tertiary/aromatic N) is 1. The van der Waals surface area contributed by atoms with Crippen LogP contribution in [-0.4, -0.2) is 12.3 Å². The molecule has 2 aromatic carbocycles. The van der Waals surface area contributed by atoms with Crippen LogP contribution in [0.5, 0.6) is 0 Å². The third-order valence-electron chi connectivity index (χ3n) is 4.73. The van der Waals surface area contributed by atoms with Crippen LogP contribution in [-0.2, 0) is 5.41 Å². The third kappa shape index (κ3) is 2.98. The highest BCUT2D eigenvalue weighted by molar-refractivity contribution is 5.95. The van der Waals surface area contributed by atoms with E-state index >= 15 is 0 Å². The van der Waals surface area contributed by atoms with Crippen molar-refractivity contribution >= 4 is 11.5 Å². The van der Waals surface area contributed by atoms with Crippen LogP contribution in [0.3, 0.4) is 0 Å². The summed E-state index contributed by atoms with van der Waals surface area (Å²) in [4.78, 5) is 11.6. The van der Waals surface area contributed by atoms with E-state index < -0.39 is 0 Å². The zero-order valence-corrected chi connectivity index (χ0v) is 13.5. The molecule has 23 heavy (non-hydrogen) atoms. The molecule has 0 radical (unpaired) electrons. The number of aryl methyl sites for hydroxylation is 1. The first-order valence-corrected chi connectivity index (χ1v) is 7.91. The molecule has 0 amide bonds. The second kappa shape index (κ2) is 5.89. The standard InChI is InChI=1S/C20H20N2O/c1-14-5-3-4-6-18(14)20(9-10-20)13-22-19-11-16(15(2)23)7-8-17(19)12-21/h3-8,11,22H,9-10,13H2,1-2H3. The van der Waals surface area contributed by atoms with Gasteiger partial charge in [0.15, 0.2) is 5.78 Å². The highest BCUT2D eigenvalue weighted by atomic mass is 16.1. The molecule has 3 rings (SSSR count). The topological polar surface area (TPSA) is 52.9 Å². The Kier molecular flexibility index (Phi) is 3.92. The van der Waals surface area contributed by atoms with Gasteiger partial charge in [0.2, 0.25) is 0 Å². The second-order valence-corrected chi connectivity index (χ2v) is 6.38. The Hall–Kier alpha value is -2.60. The fraction of sp³-hybridized carbons (Fsp3) is 0.300. The van der Waals surface area contributed by atoms with Crippen molar-refractivity contribution in [3.8, 4) is 6.07 Å². The molecule has 1 N–H and O–H groups in total. The monoisotopic (exact) mass is 304 g/mol. The molecule has 3 nitrogen and oxygen atoms in total. The van der Waals surface area contributed by atoms with E-state index in [0.29, 0.717) is 11.1 Å². The summed E-state index contributed by atoms with van der Waals surface area (Å²) < 4.78 is 0. The molecule has 0 aromatic heterocycles. The summed E-state index contributed by atoms with van der Waals surface area (Å²) in [7, 11) is 0. The Labute approximate surface area is 137 Å². The van der Waals surface area contributed by atoms with Gasteiger partial charge in [-0.3, -0.25) is 4.79 Å². The Balaban J connectivity index is 1.84. The number of rotatable bonds is 5. The number of benzene rings is 2. The molecule has 0 aliphatic heterocycles. The molecule has 0 atom stereocenters. The van der Waals surface area contributed by atoms with Crippen molar-refractivity contribution in [3.05, 3.63) is 64.7 Å². The van der Waals surface area contributed by atoms with E-state index in [2.05, 4.69) is 42.6 Å². The van der Waals surface area contributed by atoms with Gasteiger partial charge in [0.05, 0.1) is 11.3 Å². The SMILES string of the molecule is CC(=O)c1ccc(C#N)c(NCC2(c3ccccc3C)CC2)c1. The molecule has 0 unspecified atom stereocenters. The average molecular weight is 304 g/mol. The van der Waals surface area contributed by atoms with Crippen molar-refractivity contribution < 1.29 is 4.79 Å². The summed E-state index contributed by atoms with van der Waals surface area (Å²) in [5, 5.41) is 12.7. The van der Waals surface area contributed by atoms with Gasteiger partial charge >= 0.3 is 0 Å². The number of carbonyl (C=O) groups is 1. The van der Waals surface area contributed by atoms with Gasteiger partial charge < -0.3 is 5.32 Å². The fourth-order valence-electron chi connectivity index (χ4n) is 3.13. The number of nitrogens with one attached hydrogen (secondary N) is 1. The molecule has 116 valence electrons. The molecule has 0 saturated heterocycles. The quantitative estimate of drug-likeness (QED) is 0.842. The number of carbonyl (C=O) groups excluding carboxylic acids is 1. The predicted octanol–water partition coefficient (Wildman–Crippen LogP) is 4.21. The van der Waals surface area contributed by atoms with Gasteiger partial charge in [0.25, 0.3) is 0 Å². The summed E-state index contributed by atoms with van der Waals surface area (Å²) in [6, 6.07) is 15.9. The summed E-state index contributed by atoms with van der Waals surface area (Å²) in [6.07, 6.45) is 2.30. The van der Waals surface area contributed by atoms with Crippen LogP contribution in [0, 0.1) is 18.3 Å². The van der Waals surface area contributed by atoms with E-state index in [4.69, 9.17) is 0 Å². The number of anilines is 1. The first-order valence-electron chi connectivity index (χ1n) is 7.91. The first-order chi connectivity index (χ1) is 11.1. The lowest BCUT2D eigenvalue weighted by atomic mass is 9.91. The number of ketones is 1. The van der Waals surface area contributed by atoms with Crippen molar-refractivity contribution in [3.63, 3.8) is 0 Å². The molecule has 1 aliphatic rings. The smallest absolute Gasteiger partial charge is 0.159 e. The maximum absolute atomic E-state index is 11.6. The molecular weight excluding hydrogens is 284 g/mol. The first kappa shape index (κ1) is 15.3. The second-order valence-electron chi connectivity index (χ2n) is 6.38. The largest absolute Gasteiger partial charge is 0.383 e. The predicted molar refractivity (Wildman–Crippen MR) is 91.7 cm³/mol. The molecule has 0 spiro atoms. The molecule has 3 heteroatoms. The number of Topliss-reactive ketones (excluding diaryl/α,β-unsaturated/α-hetero) is 1. The van der Waals surface area contributed by atoms with Crippen LogP contribution < -0.4 is 5.32 Å². The zero-order valence-electron chi connectivity index (χ0n) is 13.5. The highest BCUT2D eigenvalue weighted by Gasteiger charge is 2.44. The van der Waals surface area contributed by atoms with Crippen molar-refractivity contribution in [2.45, 2.75) is 32.1 Å². The molecule has 1 fully saturated rings. The maximum Gasteiger partial charge on any atom is 0.159 e.